The molecule has 0 amide bonds. The fraction of sp³-hybridized carbons (Fsp3) is 0.175. The fourth-order valence-electron chi connectivity index (χ4n) is 5.89. The molecule has 1 aliphatic heterocycles. The molecule has 3 atom stereocenters. The smallest absolute Gasteiger partial charge is 0.343 e. The Bertz CT molecular complexity index is 1960. The Morgan fingerprint density at radius 2 is 1.08 bits per heavy atom. The van der Waals surface area contributed by atoms with Crippen LogP contribution in [0.25, 0.3) is 0 Å². The Morgan fingerprint density at radius 1 is 0.571 bits per heavy atom. The number of methoxy groups -OCH3 is 2. The minimum atomic E-state index is -1.22. The second kappa shape index (κ2) is 14.4. The molecule has 9 heteroatoms. The normalized spacial score (nSPS) is 16.4. The number of fused-ring (bicyclic) bond motifs is 1. The second-order valence-electron chi connectivity index (χ2n) is 11.4. The number of carbonyl (C=O) groups is 3. The molecule has 248 valence electrons. The first kappa shape index (κ1) is 32.8. The first-order valence-corrected chi connectivity index (χ1v) is 15.6. The second-order valence-corrected chi connectivity index (χ2v) is 11.4. The molecule has 0 unspecified atom stereocenters. The van der Waals surface area contributed by atoms with E-state index in [0.717, 1.165) is 0 Å². The van der Waals surface area contributed by atoms with Crippen molar-refractivity contribution in [3.63, 3.8) is 0 Å². The molecule has 0 spiro atoms. The van der Waals surface area contributed by atoms with Crippen molar-refractivity contribution in [1.29, 1.82) is 0 Å². The summed E-state index contributed by atoms with van der Waals surface area (Å²) in [4.78, 5) is 40.7. The summed E-state index contributed by atoms with van der Waals surface area (Å²) < 4.78 is 36.5. The molecule has 0 fully saturated rings. The third-order valence-electron chi connectivity index (χ3n) is 8.33. The van der Waals surface area contributed by atoms with Crippen LogP contribution in [0.3, 0.4) is 0 Å². The lowest BCUT2D eigenvalue weighted by molar-refractivity contribution is -0.0918. The van der Waals surface area contributed by atoms with Gasteiger partial charge in [0, 0.05) is 11.1 Å². The van der Waals surface area contributed by atoms with E-state index in [2.05, 4.69) is 0 Å². The number of rotatable bonds is 9. The number of carbonyl (C=O) groups excluding carboxylic acids is 3. The van der Waals surface area contributed by atoms with Gasteiger partial charge >= 0.3 is 17.9 Å². The van der Waals surface area contributed by atoms with Crippen LogP contribution in [0, 0.1) is 13.8 Å². The summed E-state index contributed by atoms with van der Waals surface area (Å²) in [5.74, 6) is -0.520. The highest BCUT2D eigenvalue weighted by atomic mass is 16.6. The van der Waals surface area contributed by atoms with Gasteiger partial charge in [0.05, 0.1) is 36.5 Å². The summed E-state index contributed by atoms with van der Waals surface area (Å²) in [6, 6.07) is 32.7. The quantitative estimate of drug-likeness (QED) is 0.116. The predicted molar refractivity (Wildman–Crippen MR) is 180 cm³/mol. The number of benzene rings is 5. The maximum Gasteiger partial charge on any atom is 0.343 e. The highest BCUT2D eigenvalue weighted by Crippen LogP contribution is 2.54. The molecule has 1 heterocycles. The number of hydrogen-bond acceptors (Lipinski definition) is 9. The standard InChI is InChI=1S/C40H34O9/c1-24-32(47-38(41)27-14-8-5-9-15-27)25(2)34-31(33(24)45-4)36(48-39(42)28-16-10-6-11-17-28)37(49-40(43)29-18-12-7-13-19-29)35(46-34)26-20-22-30(44-3)23-21-26/h5-23,35-37H,1-4H3/t35-,36+,37-/m1/s1. The van der Waals surface area contributed by atoms with Crippen LogP contribution in [-0.2, 0) is 9.47 Å². The Kier molecular flexibility index (Phi) is 9.62. The van der Waals surface area contributed by atoms with E-state index in [9.17, 15) is 14.4 Å². The lowest BCUT2D eigenvalue weighted by Crippen LogP contribution is -2.41. The topological polar surface area (TPSA) is 107 Å². The van der Waals surface area contributed by atoms with Crippen LogP contribution in [0.2, 0.25) is 0 Å². The van der Waals surface area contributed by atoms with Gasteiger partial charge in [-0.15, -0.1) is 0 Å². The summed E-state index contributed by atoms with van der Waals surface area (Å²) in [6.07, 6.45) is -3.39. The Labute approximate surface area is 283 Å². The van der Waals surface area contributed by atoms with E-state index in [4.69, 9.17) is 28.4 Å². The van der Waals surface area contributed by atoms with Crippen molar-refractivity contribution >= 4 is 17.9 Å². The first-order chi connectivity index (χ1) is 23.8. The van der Waals surface area contributed by atoms with Crippen molar-refractivity contribution in [2.45, 2.75) is 32.2 Å². The van der Waals surface area contributed by atoms with Gasteiger partial charge in [-0.1, -0.05) is 66.7 Å². The molecule has 0 bridgehead atoms. The van der Waals surface area contributed by atoms with E-state index in [1.807, 2.05) is 0 Å². The molecule has 1 aliphatic rings. The van der Waals surface area contributed by atoms with Crippen LogP contribution < -0.4 is 18.9 Å². The lowest BCUT2D eigenvalue weighted by atomic mass is 9.88. The molecule has 5 aromatic rings. The monoisotopic (exact) mass is 658 g/mol. The van der Waals surface area contributed by atoms with E-state index in [0.29, 0.717) is 44.7 Å². The Morgan fingerprint density at radius 3 is 1.59 bits per heavy atom. The minimum absolute atomic E-state index is 0.228. The van der Waals surface area contributed by atoms with Crippen molar-refractivity contribution in [1.82, 2.24) is 0 Å². The van der Waals surface area contributed by atoms with Gasteiger partial charge in [0.2, 0.25) is 0 Å². The molecule has 49 heavy (non-hydrogen) atoms. The van der Waals surface area contributed by atoms with Gasteiger partial charge in [-0.25, -0.2) is 14.4 Å². The van der Waals surface area contributed by atoms with Crippen LogP contribution in [-0.4, -0.2) is 38.2 Å². The number of hydrogen-bond donors (Lipinski definition) is 0. The van der Waals surface area contributed by atoms with Gasteiger partial charge in [0.1, 0.15) is 23.0 Å². The van der Waals surface area contributed by atoms with Gasteiger partial charge in [0.25, 0.3) is 0 Å². The summed E-state index contributed by atoms with van der Waals surface area (Å²) in [7, 11) is 3.01. The van der Waals surface area contributed by atoms with Crippen LogP contribution in [0.4, 0.5) is 0 Å². The highest BCUT2D eigenvalue weighted by Gasteiger charge is 2.48. The molecule has 0 saturated carbocycles. The minimum Gasteiger partial charge on any atom is -0.497 e. The molecule has 9 nitrogen and oxygen atoms in total. The molecule has 0 aliphatic carbocycles. The third kappa shape index (κ3) is 6.69. The predicted octanol–water partition coefficient (Wildman–Crippen LogP) is 7.80. The van der Waals surface area contributed by atoms with Gasteiger partial charge < -0.3 is 28.4 Å². The summed E-state index contributed by atoms with van der Waals surface area (Å²) >= 11 is 0. The lowest BCUT2D eigenvalue weighted by Gasteiger charge is -2.40. The van der Waals surface area contributed by atoms with Crippen molar-refractivity contribution < 1.29 is 42.8 Å². The molecule has 6 rings (SSSR count). The van der Waals surface area contributed by atoms with Gasteiger partial charge in [-0.05, 0) is 67.9 Å². The zero-order valence-electron chi connectivity index (χ0n) is 27.4. The van der Waals surface area contributed by atoms with Crippen LogP contribution >= 0.6 is 0 Å². The highest BCUT2D eigenvalue weighted by molar-refractivity contribution is 5.92. The van der Waals surface area contributed by atoms with Crippen molar-refractivity contribution in [3.05, 3.63) is 154 Å². The van der Waals surface area contributed by atoms with Crippen molar-refractivity contribution in [3.8, 4) is 23.0 Å². The summed E-state index contributed by atoms with van der Waals surface area (Å²) in [5, 5.41) is 0. The first-order valence-electron chi connectivity index (χ1n) is 15.6. The molecular weight excluding hydrogens is 624 g/mol. The average molecular weight is 659 g/mol. The third-order valence-corrected chi connectivity index (χ3v) is 8.33. The zero-order chi connectivity index (χ0) is 34.5. The average Bonchev–Trinajstić information content (AvgIpc) is 3.15. The summed E-state index contributed by atoms with van der Waals surface area (Å²) in [6.45, 7) is 3.48. The SMILES string of the molecule is COc1ccc([C@H]2Oc3c(C)c(OC(=O)c4ccccc4)c(C)c(OC)c3[C@H](OC(=O)c3ccccc3)[C@@H]2OC(=O)c2ccccc2)cc1. The maximum absolute atomic E-state index is 13.8. The molecule has 0 radical (unpaired) electrons. The van der Waals surface area contributed by atoms with Crippen molar-refractivity contribution in [2.75, 3.05) is 14.2 Å². The van der Waals surface area contributed by atoms with Gasteiger partial charge in [-0.3, -0.25) is 0 Å². The zero-order valence-corrected chi connectivity index (χ0v) is 27.4. The van der Waals surface area contributed by atoms with E-state index in [1.54, 1.807) is 136 Å². The Balaban J connectivity index is 1.54. The van der Waals surface area contributed by atoms with E-state index in [1.165, 1.54) is 7.11 Å². The summed E-state index contributed by atoms with van der Waals surface area (Å²) in [5.41, 5.74) is 2.82. The van der Waals surface area contributed by atoms with Gasteiger partial charge in [0.15, 0.2) is 18.3 Å². The van der Waals surface area contributed by atoms with Gasteiger partial charge in [-0.2, -0.15) is 0 Å². The molecule has 0 saturated heterocycles. The van der Waals surface area contributed by atoms with Crippen LogP contribution in [0.5, 0.6) is 23.0 Å². The van der Waals surface area contributed by atoms with Crippen LogP contribution in [0.15, 0.2) is 115 Å². The maximum atomic E-state index is 13.8. The Hall–Kier alpha value is -6.09. The molecule has 0 N–H and O–H groups in total. The molecule has 5 aromatic carbocycles. The number of ether oxygens (including phenoxy) is 6. The number of esters is 3. The van der Waals surface area contributed by atoms with E-state index < -0.39 is 36.2 Å². The van der Waals surface area contributed by atoms with E-state index in [-0.39, 0.29) is 17.2 Å². The molecule has 0 aromatic heterocycles. The largest absolute Gasteiger partial charge is 0.497 e. The van der Waals surface area contributed by atoms with Crippen molar-refractivity contribution in [2.24, 2.45) is 0 Å². The van der Waals surface area contributed by atoms with Crippen LogP contribution in [0.1, 0.15) is 65.5 Å². The van der Waals surface area contributed by atoms with E-state index >= 15 is 0 Å². The fourth-order valence-corrected chi connectivity index (χ4v) is 5.89. The molecular formula is C40H34O9.